The first-order chi connectivity index (χ1) is 7.49. The Bertz CT molecular complexity index is 274. The molecule has 16 heavy (non-hydrogen) atoms. The van der Waals surface area contributed by atoms with E-state index in [1.165, 1.54) is 0 Å². The SMILES string of the molecule is CCCC(C)(NC(=O)[C@H]1CCCN1)C(=O)O. The largest absolute Gasteiger partial charge is 0.480 e. The molecule has 1 rings (SSSR count). The fourth-order valence-electron chi connectivity index (χ4n) is 1.99. The summed E-state index contributed by atoms with van der Waals surface area (Å²) in [5.74, 6) is -1.17. The summed E-state index contributed by atoms with van der Waals surface area (Å²) in [5.41, 5.74) is -1.14. The maximum Gasteiger partial charge on any atom is 0.329 e. The van der Waals surface area contributed by atoms with E-state index in [9.17, 15) is 9.59 Å². The summed E-state index contributed by atoms with van der Waals surface area (Å²) in [6.07, 6.45) is 2.92. The smallest absolute Gasteiger partial charge is 0.329 e. The van der Waals surface area contributed by atoms with Crippen LogP contribution in [0, 0.1) is 0 Å². The van der Waals surface area contributed by atoms with Crippen LogP contribution in [0.15, 0.2) is 0 Å². The lowest BCUT2D eigenvalue weighted by Gasteiger charge is -2.27. The highest BCUT2D eigenvalue weighted by Crippen LogP contribution is 2.14. The van der Waals surface area contributed by atoms with Crippen molar-refractivity contribution in [3.05, 3.63) is 0 Å². The molecule has 0 saturated carbocycles. The molecular weight excluding hydrogens is 208 g/mol. The van der Waals surface area contributed by atoms with Crippen LogP contribution in [0.25, 0.3) is 0 Å². The lowest BCUT2D eigenvalue weighted by atomic mass is 9.95. The second-order valence-corrected chi connectivity index (χ2v) is 4.53. The third-order valence-electron chi connectivity index (χ3n) is 3.00. The Hall–Kier alpha value is -1.10. The Kier molecular flexibility index (Phi) is 4.29. The van der Waals surface area contributed by atoms with Crippen LogP contribution in [-0.4, -0.2) is 35.1 Å². The molecule has 0 aromatic rings. The minimum atomic E-state index is -1.14. The zero-order valence-corrected chi connectivity index (χ0v) is 9.88. The molecule has 1 aliphatic heterocycles. The Morgan fingerprint density at radius 2 is 2.25 bits per heavy atom. The first-order valence-corrected chi connectivity index (χ1v) is 5.78. The van der Waals surface area contributed by atoms with E-state index in [1.807, 2.05) is 6.92 Å². The van der Waals surface area contributed by atoms with Gasteiger partial charge in [-0.1, -0.05) is 13.3 Å². The molecule has 3 N–H and O–H groups in total. The number of amides is 1. The summed E-state index contributed by atoms with van der Waals surface area (Å²) in [7, 11) is 0. The Balaban J connectivity index is 2.60. The van der Waals surface area contributed by atoms with Gasteiger partial charge in [0.1, 0.15) is 5.54 Å². The van der Waals surface area contributed by atoms with Crippen molar-refractivity contribution >= 4 is 11.9 Å². The highest BCUT2D eigenvalue weighted by molar-refractivity contribution is 5.89. The summed E-state index contributed by atoms with van der Waals surface area (Å²) in [4.78, 5) is 22.9. The molecule has 1 fully saturated rings. The van der Waals surface area contributed by atoms with Gasteiger partial charge >= 0.3 is 5.97 Å². The van der Waals surface area contributed by atoms with E-state index in [2.05, 4.69) is 10.6 Å². The Labute approximate surface area is 95.6 Å². The van der Waals surface area contributed by atoms with Crippen molar-refractivity contribution in [2.45, 2.75) is 51.1 Å². The molecule has 0 radical (unpaired) electrons. The highest BCUT2D eigenvalue weighted by Gasteiger charge is 2.36. The molecule has 0 spiro atoms. The number of carbonyl (C=O) groups excluding carboxylic acids is 1. The van der Waals surface area contributed by atoms with Crippen molar-refractivity contribution in [1.29, 1.82) is 0 Å². The van der Waals surface area contributed by atoms with E-state index in [1.54, 1.807) is 6.92 Å². The van der Waals surface area contributed by atoms with Crippen LogP contribution in [0.4, 0.5) is 0 Å². The van der Waals surface area contributed by atoms with Crippen LogP contribution in [0.1, 0.15) is 39.5 Å². The molecule has 0 bridgehead atoms. The Morgan fingerprint density at radius 3 is 2.69 bits per heavy atom. The summed E-state index contributed by atoms with van der Waals surface area (Å²) < 4.78 is 0. The van der Waals surface area contributed by atoms with Gasteiger partial charge in [-0.05, 0) is 32.7 Å². The Morgan fingerprint density at radius 1 is 1.56 bits per heavy atom. The molecule has 1 heterocycles. The molecule has 1 amide bonds. The molecule has 2 atom stereocenters. The maximum absolute atomic E-state index is 11.8. The maximum atomic E-state index is 11.8. The van der Waals surface area contributed by atoms with Gasteiger partial charge in [-0.25, -0.2) is 4.79 Å². The van der Waals surface area contributed by atoms with Gasteiger partial charge in [0.15, 0.2) is 0 Å². The monoisotopic (exact) mass is 228 g/mol. The van der Waals surface area contributed by atoms with Crippen molar-refractivity contribution in [2.75, 3.05) is 6.54 Å². The first kappa shape index (κ1) is 13.0. The second-order valence-electron chi connectivity index (χ2n) is 4.53. The van der Waals surface area contributed by atoms with Gasteiger partial charge in [-0.2, -0.15) is 0 Å². The minimum Gasteiger partial charge on any atom is -0.480 e. The van der Waals surface area contributed by atoms with Gasteiger partial charge in [0, 0.05) is 0 Å². The topological polar surface area (TPSA) is 78.4 Å². The third kappa shape index (κ3) is 2.95. The molecule has 1 saturated heterocycles. The average Bonchev–Trinajstić information content (AvgIpc) is 2.70. The van der Waals surface area contributed by atoms with Crippen molar-refractivity contribution in [1.82, 2.24) is 10.6 Å². The van der Waals surface area contributed by atoms with Gasteiger partial charge in [0.2, 0.25) is 5.91 Å². The summed E-state index contributed by atoms with van der Waals surface area (Å²) in [5, 5.41) is 14.8. The molecule has 1 aliphatic rings. The number of nitrogens with one attached hydrogen (secondary N) is 2. The molecule has 0 aromatic carbocycles. The molecule has 0 aliphatic carbocycles. The van der Waals surface area contributed by atoms with E-state index in [0.717, 1.165) is 25.8 Å². The zero-order valence-electron chi connectivity index (χ0n) is 9.88. The normalized spacial score (nSPS) is 23.8. The molecule has 1 unspecified atom stereocenters. The van der Waals surface area contributed by atoms with E-state index in [0.29, 0.717) is 6.42 Å². The lowest BCUT2D eigenvalue weighted by molar-refractivity contribution is -0.147. The predicted octanol–water partition coefficient (Wildman–Crippen LogP) is 0.498. The first-order valence-electron chi connectivity index (χ1n) is 5.78. The fraction of sp³-hybridized carbons (Fsp3) is 0.818. The number of rotatable bonds is 5. The number of aliphatic carboxylic acids is 1. The van der Waals surface area contributed by atoms with Crippen LogP contribution >= 0.6 is 0 Å². The van der Waals surface area contributed by atoms with Crippen LogP contribution in [0.2, 0.25) is 0 Å². The second kappa shape index (κ2) is 5.30. The van der Waals surface area contributed by atoms with Crippen molar-refractivity contribution in [3.63, 3.8) is 0 Å². The van der Waals surface area contributed by atoms with Crippen LogP contribution in [-0.2, 0) is 9.59 Å². The number of hydrogen-bond donors (Lipinski definition) is 3. The minimum absolute atomic E-state index is 0.198. The van der Waals surface area contributed by atoms with Crippen molar-refractivity contribution < 1.29 is 14.7 Å². The number of carboxylic acid groups (broad SMARTS) is 1. The molecule has 5 nitrogen and oxygen atoms in total. The summed E-state index contributed by atoms with van der Waals surface area (Å²) in [6, 6.07) is -0.226. The van der Waals surface area contributed by atoms with E-state index in [-0.39, 0.29) is 11.9 Å². The lowest BCUT2D eigenvalue weighted by Crippen LogP contribution is -2.56. The summed E-state index contributed by atoms with van der Waals surface area (Å²) in [6.45, 7) is 4.29. The van der Waals surface area contributed by atoms with E-state index in [4.69, 9.17) is 5.11 Å². The average molecular weight is 228 g/mol. The summed E-state index contributed by atoms with van der Waals surface area (Å²) >= 11 is 0. The predicted molar refractivity (Wildman–Crippen MR) is 60.1 cm³/mol. The van der Waals surface area contributed by atoms with Crippen LogP contribution in [0.5, 0.6) is 0 Å². The molecule has 5 heteroatoms. The van der Waals surface area contributed by atoms with Gasteiger partial charge in [0.05, 0.1) is 6.04 Å². The quantitative estimate of drug-likeness (QED) is 0.640. The molecular formula is C11H20N2O3. The number of carbonyl (C=O) groups is 2. The van der Waals surface area contributed by atoms with Crippen molar-refractivity contribution in [2.24, 2.45) is 0 Å². The van der Waals surface area contributed by atoms with Crippen LogP contribution in [0.3, 0.4) is 0 Å². The zero-order chi connectivity index (χ0) is 12.2. The number of hydrogen-bond acceptors (Lipinski definition) is 3. The van der Waals surface area contributed by atoms with Gasteiger partial charge in [-0.15, -0.1) is 0 Å². The number of carboxylic acids is 1. The van der Waals surface area contributed by atoms with Crippen LogP contribution < -0.4 is 10.6 Å². The van der Waals surface area contributed by atoms with Crippen molar-refractivity contribution in [3.8, 4) is 0 Å². The van der Waals surface area contributed by atoms with E-state index < -0.39 is 11.5 Å². The van der Waals surface area contributed by atoms with Gasteiger partial charge in [-0.3, -0.25) is 4.79 Å². The molecule has 92 valence electrons. The highest BCUT2D eigenvalue weighted by atomic mass is 16.4. The van der Waals surface area contributed by atoms with Gasteiger partial charge in [0.25, 0.3) is 0 Å². The fourth-order valence-corrected chi connectivity index (χ4v) is 1.99. The third-order valence-corrected chi connectivity index (χ3v) is 3.00. The van der Waals surface area contributed by atoms with E-state index >= 15 is 0 Å². The van der Waals surface area contributed by atoms with Gasteiger partial charge < -0.3 is 15.7 Å². The molecule has 0 aromatic heterocycles. The standard InChI is InChI=1S/C11H20N2O3/c1-3-6-11(2,10(15)16)13-9(14)8-5-4-7-12-8/h8,12H,3-7H2,1-2H3,(H,13,14)(H,15,16)/t8-,11?/m1/s1.